The highest BCUT2D eigenvalue weighted by Crippen LogP contribution is 2.47. The zero-order valence-corrected chi connectivity index (χ0v) is 15.2. The van der Waals surface area contributed by atoms with Crippen LogP contribution in [0.25, 0.3) is 0 Å². The number of aliphatic imine (C=N–C) groups is 1. The summed E-state index contributed by atoms with van der Waals surface area (Å²) in [4.78, 5) is 4.26. The van der Waals surface area contributed by atoms with Crippen LogP contribution in [0.1, 0.15) is 24.8 Å². The Morgan fingerprint density at radius 2 is 1.95 bits per heavy atom. The Balaban J connectivity index is 0.00000220. The lowest BCUT2D eigenvalue weighted by Crippen LogP contribution is -2.41. The Kier molecular flexibility index (Phi) is 8.03. The summed E-state index contributed by atoms with van der Waals surface area (Å²) in [6, 6.07) is 10.8. The molecule has 1 aromatic rings. The minimum atomic E-state index is 0. The molecule has 2 N–H and O–H groups in total. The molecule has 0 aromatic heterocycles. The van der Waals surface area contributed by atoms with Crippen molar-refractivity contribution < 1.29 is 4.74 Å². The van der Waals surface area contributed by atoms with Crippen molar-refractivity contribution in [2.24, 2.45) is 4.99 Å². The summed E-state index contributed by atoms with van der Waals surface area (Å²) in [5.41, 5.74) is 1.74. The second kappa shape index (κ2) is 9.25. The summed E-state index contributed by atoms with van der Waals surface area (Å²) in [6.45, 7) is 2.60. The molecule has 0 spiro atoms. The summed E-state index contributed by atoms with van der Waals surface area (Å²) >= 11 is 0. The van der Waals surface area contributed by atoms with Gasteiger partial charge in [0.15, 0.2) is 5.96 Å². The van der Waals surface area contributed by atoms with Crippen LogP contribution in [0.15, 0.2) is 35.3 Å². The van der Waals surface area contributed by atoms with Gasteiger partial charge in [0.2, 0.25) is 0 Å². The molecule has 1 fully saturated rings. The van der Waals surface area contributed by atoms with Gasteiger partial charge in [-0.1, -0.05) is 30.3 Å². The summed E-state index contributed by atoms with van der Waals surface area (Å²) < 4.78 is 5.04. The van der Waals surface area contributed by atoms with Gasteiger partial charge in [-0.15, -0.1) is 24.0 Å². The molecule has 5 heteroatoms. The molecule has 1 saturated carbocycles. The number of ether oxygens (including phenoxy) is 1. The number of nitrogens with one attached hydrogen (secondary N) is 2. The van der Waals surface area contributed by atoms with Crippen LogP contribution >= 0.6 is 24.0 Å². The maximum atomic E-state index is 5.04. The lowest BCUT2D eigenvalue weighted by molar-refractivity contribution is 0.195. The molecule has 1 aliphatic carbocycles. The van der Waals surface area contributed by atoms with Gasteiger partial charge in [0.25, 0.3) is 0 Å². The van der Waals surface area contributed by atoms with Gasteiger partial charge < -0.3 is 15.4 Å². The largest absolute Gasteiger partial charge is 0.385 e. The van der Waals surface area contributed by atoms with Crippen LogP contribution in [0, 0.1) is 0 Å². The number of hydrogen-bond donors (Lipinski definition) is 2. The van der Waals surface area contributed by atoms with E-state index in [2.05, 4.69) is 46.0 Å². The van der Waals surface area contributed by atoms with Gasteiger partial charge in [-0.25, -0.2) is 0 Å². The standard InChI is InChI=1S/C16H25N3O.HI/c1-17-15(18-11-6-12-20-2)19-13-16(9-10-16)14-7-4-3-5-8-14;/h3-5,7-8H,6,9-13H2,1-2H3,(H2,17,18,19);1H. The van der Waals surface area contributed by atoms with Crippen molar-refractivity contribution in [3.63, 3.8) is 0 Å². The Bertz CT molecular complexity index is 432. The third-order valence-corrected chi connectivity index (χ3v) is 3.88. The van der Waals surface area contributed by atoms with Gasteiger partial charge >= 0.3 is 0 Å². The van der Waals surface area contributed by atoms with Crippen LogP contribution in [0.3, 0.4) is 0 Å². The molecule has 1 aromatic carbocycles. The summed E-state index contributed by atoms with van der Waals surface area (Å²) in [5.74, 6) is 0.878. The third-order valence-electron chi connectivity index (χ3n) is 3.88. The minimum Gasteiger partial charge on any atom is -0.385 e. The minimum absolute atomic E-state index is 0. The SMILES string of the molecule is CN=C(NCCCOC)NCC1(c2ccccc2)CC1.I. The van der Waals surface area contributed by atoms with E-state index >= 15 is 0 Å². The molecule has 0 aliphatic heterocycles. The Morgan fingerprint density at radius 1 is 1.24 bits per heavy atom. The van der Waals surface area contributed by atoms with Crippen molar-refractivity contribution in [1.29, 1.82) is 0 Å². The van der Waals surface area contributed by atoms with E-state index in [9.17, 15) is 0 Å². The van der Waals surface area contributed by atoms with Crippen molar-refractivity contribution in [1.82, 2.24) is 10.6 Å². The van der Waals surface area contributed by atoms with Crippen LogP contribution in [0.2, 0.25) is 0 Å². The van der Waals surface area contributed by atoms with Crippen molar-refractivity contribution in [3.8, 4) is 0 Å². The molecular weight excluding hydrogens is 377 g/mol. The van der Waals surface area contributed by atoms with Gasteiger partial charge in [-0.3, -0.25) is 4.99 Å². The van der Waals surface area contributed by atoms with Gasteiger partial charge in [-0.2, -0.15) is 0 Å². The molecular formula is C16H26IN3O. The highest BCUT2D eigenvalue weighted by Gasteiger charge is 2.43. The number of hydrogen-bond acceptors (Lipinski definition) is 2. The first-order valence-electron chi connectivity index (χ1n) is 7.30. The molecule has 0 amide bonds. The third kappa shape index (κ3) is 5.47. The van der Waals surface area contributed by atoms with Gasteiger partial charge in [0.05, 0.1) is 0 Å². The first-order valence-corrected chi connectivity index (χ1v) is 7.30. The zero-order valence-electron chi connectivity index (χ0n) is 12.9. The van der Waals surface area contributed by atoms with Crippen LogP contribution in [-0.4, -0.2) is 39.8 Å². The van der Waals surface area contributed by atoms with E-state index in [1.807, 2.05) is 7.05 Å². The van der Waals surface area contributed by atoms with E-state index in [0.717, 1.165) is 32.1 Å². The zero-order chi connectivity index (χ0) is 14.3. The van der Waals surface area contributed by atoms with Gasteiger partial charge in [0.1, 0.15) is 0 Å². The summed E-state index contributed by atoms with van der Waals surface area (Å²) in [5, 5.41) is 6.76. The molecule has 0 atom stereocenters. The Labute approximate surface area is 144 Å². The fourth-order valence-electron chi connectivity index (χ4n) is 2.41. The first-order chi connectivity index (χ1) is 9.80. The van der Waals surface area contributed by atoms with Crippen LogP contribution in [-0.2, 0) is 10.2 Å². The second-order valence-corrected chi connectivity index (χ2v) is 5.35. The Hall–Kier alpha value is -0.820. The predicted octanol–water partition coefficient (Wildman–Crippen LogP) is 2.54. The fraction of sp³-hybridized carbons (Fsp3) is 0.562. The van der Waals surface area contributed by atoms with Crippen molar-refractivity contribution in [2.45, 2.75) is 24.7 Å². The normalized spacial score (nSPS) is 16.0. The molecule has 0 saturated heterocycles. The topological polar surface area (TPSA) is 45.7 Å². The lowest BCUT2D eigenvalue weighted by atomic mass is 9.96. The Morgan fingerprint density at radius 3 is 2.52 bits per heavy atom. The van der Waals surface area contributed by atoms with E-state index in [1.165, 1.54) is 18.4 Å². The molecule has 1 aliphatic rings. The second-order valence-electron chi connectivity index (χ2n) is 5.35. The van der Waals surface area contributed by atoms with Crippen LogP contribution < -0.4 is 10.6 Å². The van der Waals surface area contributed by atoms with E-state index in [-0.39, 0.29) is 24.0 Å². The van der Waals surface area contributed by atoms with Gasteiger partial charge in [-0.05, 0) is 24.8 Å². The number of methoxy groups -OCH3 is 1. The highest BCUT2D eigenvalue weighted by atomic mass is 127. The smallest absolute Gasteiger partial charge is 0.191 e. The average Bonchev–Trinajstić information content (AvgIpc) is 3.29. The number of guanidine groups is 1. The van der Waals surface area contributed by atoms with Crippen molar-refractivity contribution in [2.75, 3.05) is 33.9 Å². The highest BCUT2D eigenvalue weighted by molar-refractivity contribution is 14.0. The predicted molar refractivity (Wildman–Crippen MR) is 98.6 cm³/mol. The molecule has 0 radical (unpaired) electrons. The van der Waals surface area contributed by atoms with E-state index in [4.69, 9.17) is 4.74 Å². The average molecular weight is 403 g/mol. The molecule has 0 heterocycles. The maximum Gasteiger partial charge on any atom is 0.191 e. The molecule has 0 unspecified atom stereocenters. The lowest BCUT2D eigenvalue weighted by Gasteiger charge is -2.19. The van der Waals surface area contributed by atoms with E-state index in [1.54, 1.807) is 7.11 Å². The van der Waals surface area contributed by atoms with E-state index < -0.39 is 0 Å². The number of halogens is 1. The van der Waals surface area contributed by atoms with Crippen LogP contribution in [0.4, 0.5) is 0 Å². The maximum absolute atomic E-state index is 5.04. The number of nitrogens with zero attached hydrogens (tertiary/aromatic N) is 1. The summed E-state index contributed by atoms with van der Waals surface area (Å²) in [6.07, 6.45) is 3.50. The molecule has 2 rings (SSSR count). The molecule has 4 nitrogen and oxygen atoms in total. The molecule has 0 bridgehead atoms. The molecule has 118 valence electrons. The van der Waals surface area contributed by atoms with Gasteiger partial charge in [0, 0.05) is 39.3 Å². The number of rotatable bonds is 7. The fourth-order valence-corrected chi connectivity index (χ4v) is 2.41. The van der Waals surface area contributed by atoms with E-state index in [0.29, 0.717) is 5.41 Å². The quantitative estimate of drug-likeness (QED) is 0.318. The van der Waals surface area contributed by atoms with Crippen LogP contribution in [0.5, 0.6) is 0 Å². The van der Waals surface area contributed by atoms with Crippen molar-refractivity contribution in [3.05, 3.63) is 35.9 Å². The monoisotopic (exact) mass is 403 g/mol. The summed E-state index contributed by atoms with van der Waals surface area (Å²) in [7, 11) is 3.54. The molecule has 21 heavy (non-hydrogen) atoms. The first kappa shape index (κ1) is 18.2. The number of benzene rings is 1. The van der Waals surface area contributed by atoms with Crippen molar-refractivity contribution >= 4 is 29.9 Å².